The van der Waals surface area contributed by atoms with Gasteiger partial charge in [-0.1, -0.05) is 59.5 Å². The number of aromatic nitrogens is 6. The topological polar surface area (TPSA) is 90.5 Å². The molecule has 8 nitrogen and oxygen atoms in total. The Morgan fingerprint density at radius 1 is 1.27 bits per heavy atom. The quantitative estimate of drug-likeness (QED) is 0.479. The summed E-state index contributed by atoms with van der Waals surface area (Å²) in [6.45, 7) is 1.06. The highest BCUT2D eigenvalue weighted by Gasteiger charge is 2.10. The molecule has 0 saturated carbocycles. The van der Waals surface area contributed by atoms with Gasteiger partial charge in [-0.05, 0) is 5.56 Å². The number of nitrogens with zero attached hydrogens (tertiary/aromatic N) is 6. The van der Waals surface area contributed by atoms with Crippen molar-refractivity contribution in [1.82, 2.24) is 35.1 Å². The highest BCUT2D eigenvalue weighted by atomic mass is 32.2. The molecule has 0 saturated heterocycles. The molecule has 0 fully saturated rings. The van der Waals surface area contributed by atoms with E-state index < -0.39 is 0 Å². The average molecular weight is 369 g/mol. The third kappa shape index (κ3) is 5.03. The van der Waals surface area contributed by atoms with Gasteiger partial charge >= 0.3 is 0 Å². The maximum absolute atomic E-state index is 12.1. The lowest BCUT2D eigenvalue weighted by Gasteiger charge is -2.02. The van der Waals surface area contributed by atoms with Crippen molar-refractivity contribution in [3.8, 4) is 0 Å². The summed E-state index contributed by atoms with van der Waals surface area (Å²) in [4.78, 5) is 12.1. The first-order valence-electron chi connectivity index (χ1n) is 8.09. The van der Waals surface area contributed by atoms with Crippen molar-refractivity contribution in [1.29, 1.82) is 0 Å². The van der Waals surface area contributed by atoms with Crippen LogP contribution in [-0.4, -0.2) is 48.0 Å². The van der Waals surface area contributed by atoms with Crippen LogP contribution in [0, 0.1) is 0 Å². The van der Waals surface area contributed by atoms with Crippen LogP contribution >= 0.6 is 11.8 Å². The highest BCUT2D eigenvalue weighted by Crippen LogP contribution is 2.11. The summed E-state index contributed by atoms with van der Waals surface area (Å²) < 4.78 is 3.46. The minimum Gasteiger partial charge on any atom is -0.350 e. The van der Waals surface area contributed by atoms with Crippen molar-refractivity contribution in [2.75, 3.05) is 12.3 Å². The van der Waals surface area contributed by atoms with Gasteiger partial charge in [-0.15, -0.1) is 15.3 Å². The molecule has 0 bridgehead atoms. The molecule has 0 aliphatic carbocycles. The smallest absolute Gasteiger partial charge is 0.273 e. The highest BCUT2D eigenvalue weighted by molar-refractivity contribution is 7.99. The van der Waals surface area contributed by atoms with E-state index in [0.717, 1.165) is 10.7 Å². The molecule has 0 aliphatic heterocycles. The van der Waals surface area contributed by atoms with E-state index in [0.29, 0.717) is 24.5 Å². The summed E-state index contributed by atoms with van der Waals surface area (Å²) in [7, 11) is 1.88. The molecule has 26 heavy (non-hydrogen) atoms. The number of thioether (sulfide) groups is 1. The molecule has 0 aliphatic rings. The summed E-state index contributed by atoms with van der Waals surface area (Å²) in [5, 5.41) is 19.3. The van der Waals surface area contributed by atoms with Crippen LogP contribution < -0.4 is 5.32 Å². The molecular weight excluding hydrogens is 350 g/mol. The second kappa shape index (κ2) is 8.95. The summed E-state index contributed by atoms with van der Waals surface area (Å²) in [5.41, 5.74) is 1.42. The third-order valence-corrected chi connectivity index (χ3v) is 4.50. The van der Waals surface area contributed by atoms with Gasteiger partial charge < -0.3 is 9.88 Å². The van der Waals surface area contributed by atoms with Crippen LogP contribution in [0.1, 0.15) is 16.1 Å². The molecule has 9 heteroatoms. The number of benzene rings is 1. The van der Waals surface area contributed by atoms with Gasteiger partial charge in [0, 0.05) is 19.3 Å². The Morgan fingerprint density at radius 2 is 2.12 bits per heavy atom. The fourth-order valence-electron chi connectivity index (χ4n) is 2.15. The van der Waals surface area contributed by atoms with Gasteiger partial charge in [0.25, 0.3) is 5.91 Å². The molecule has 0 radical (unpaired) electrons. The zero-order valence-electron chi connectivity index (χ0n) is 14.3. The maximum Gasteiger partial charge on any atom is 0.273 e. The van der Waals surface area contributed by atoms with E-state index in [4.69, 9.17) is 0 Å². The Labute approximate surface area is 155 Å². The van der Waals surface area contributed by atoms with Crippen LogP contribution in [-0.2, 0) is 13.6 Å². The Balaban J connectivity index is 1.42. The van der Waals surface area contributed by atoms with Crippen molar-refractivity contribution >= 4 is 23.7 Å². The van der Waals surface area contributed by atoms with Crippen LogP contribution in [0.2, 0.25) is 0 Å². The first-order valence-corrected chi connectivity index (χ1v) is 9.07. The standard InChI is InChI=1S/C17H19N7OS/c1-23-13-19-21-17(23)26-11-9-18-16(25)15-12-24(22-20-15)10-5-8-14-6-3-2-4-7-14/h2-8,12-13H,9-11H2,1H3,(H,18,25)/b8-5+. The number of carbonyl (C=O) groups excluding carboxylic acids is 1. The van der Waals surface area contributed by atoms with Crippen LogP contribution in [0.5, 0.6) is 0 Å². The lowest BCUT2D eigenvalue weighted by Crippen LogP contribution is -2.26. The second-order valence-corrected chi connectivity index (χ2v) is 6.53. The largest absolute Gasteiger partial charge is 0.350 e. The second-order valence-electron chi connectivity index (χ2n) is 5.47. The molecule has 3 aromatic rings. The zero-order valence-corrected chi connectivity index (χ0v) is 15.1. The molecule has 3 rings (SSSR count). The predicted octanol–water partition coefficient (Wildman–Crippen LogP) is 1.64. The molecule has 2 heterocycles. The summed E-state index contributed by atoms with van der Waals surface area (Å²) >= 11 is 1.53. The number of hydrogen-bond donors (Lipinski definition) is 1. The number of amides is 1. The van der Waals surface area contributed by atoms with Gasteiger partial charge in [-0.2, -0.15) is 0 Å². The van der Waals surface area contributed by atoms with Crippen LogP contribution in [0.15, 0.2) is 54.1 Å². The normalized spacial score (nSPS) is 11.1. The summed E-state index contributed by atoms with van der Waals surface area (Å²) in [5.74, 6) is 0.466. The van der Waals surface area contributed by atoms with Crippen molar-refractivity contribution in [3.63, 3.8) is 0 Å². The van der Waals surface area contributed by atoms with Crippen LogP contribution in [0.4, 0.5) is 0 Å². The first kappa shape index (κ1) is 17.9. The fourth-order valence-corrected chi connectivity index (χ4v) is 2.90. The van der Waals surface area contributed by atoms with E-state index in [1.165, 1.54) is 11.8 Å². The van der Waals surface area contributed by atoms with E-state index in [1.54, 1.807) is 17.2 Å². The Morgan fingerprint density at radius 3 is 2.88 bits per heavy atom. The first-order chi connectivity index (χ1) is 12.7. The lowest BCUT2D eigenvalue weighted by atomic mass is 10.2. The molecule has 0 unspecified atom stereocenters. The molecule has 0 atom stereocenters. The van der Waals surface area contributed by atoms with Gasteiger partial charge in [0.05, 0.1) is 12.7 Å². The van der Waals surface area contributed by atoms with Crippen molar-refractivity contribution in [2.45, 2.75) is 11.7 Å². The summed E-state index contributed by atoms with van der Waals surface area (Å²) in [6.07, 6.45) is 7.26. The molecule has 1 amide bonds. The number of aryl methyl sites for hydroxylation is 1. The Kier molecular flexibility index (Phi) is 6.15. The van der Waals surface area contributed by atoms with E-state index in [2.05, 4.69) is 25.8 Å². The van der Waals surface area contributed by atoms with Gasteiger partial charge in [0.1, 0.15) is 6.33 Å². The third-order valence-electron chi connectivity index (χ3n) is 3.46. The maximum atomic E-state index is 12.1. The molecule has 2 aromatic heterocycles. The number of allylic oxidation sites excluding steroid dienone is 1. The molecule has 0 spiro atoms. The Hall–Kier alpha value is -2.94. The number of hydrogen-bond acceptors (Lipinski definition) is 6. The molecular formula is C17H19N7OS. The van der Waals surface area contributed by atoms with E-state index in [9.17, 15) is 4.79 Å². The van der Waals surface area contributed by atoms with E-state index in [-0.39, 0.29) is 5.91 Å². The zero-order chi connectivity index (χ0) is 18.2. The van der Waals surface area contributed by atoms with Gasteiger partial charge in [-0.25, -0.2) is 4.68 Å². The van der Waals surface area contributed by atoms with Crippen LogP contribution in [0.25, 0.3) is 6.08 Å². The number of carbonyl (C=O) groups is 1. The van der Waals surface area contributed by atoms with Gasteiger partial charge in [-0.3, -0.25) is 4.79 Å². The minimum atomic E-state index is -0.234. The molecule has 134 valence electrons. The van der Waals surface area contributed by atoms with Crippen LogP contribution in [0.3, 0.4) is 0 Å². The monoisotopic (exact) mass is 369 g/mol. The predicted molar refractivity (Wildman–Crippen MR) is 99.6 cm³/mol. The fraction of sp³-hybridized carbons (Fsp3) is 0.235. The van der Waals surface area contributed by atoms with Crippen molar-refractivity contribution in [3.05, 3.63) is 60.2 Å². The van der Waals surface area contributed by atoms with Gasteiger partial charge in [0.2, 0.25) is 0 Å². The van der Waals surface area contributed by atoms with Crippen molar-refractivity contribution in [2.24, 2.45) is 7.05 Å². The number of nitrogens with one attached hydrogen (secondary N) is 1. The van der Waals surface area contributed by atoms with Gasteiger partial charge in [0.15, 0.2) is 10.9 Å². The SMILES string of the molecule is Cn1cnnc1SCCNC(=O)c1cn(C/C=C/c2ccccc2)nn1. The van der Waals surface area contributed by atoms with Crippen molar-refractivity contribution < 1.29 is 4.79 Å². The average Bonchev–Trinajstić information content (AvgIpc) is 3.29. The Bertz CT molecular complexity index is 872. The molecule has 1 aromatic carbocycles. The molecule has 1 N–H and O–H groups in total. The lowest BCUT2D eigenvalue weighted by molar-refractivity contribution is 0.0951. The summed E-state index contributed by atoms with van der Waals surface area (Å²) in [6, 6.07) is 10.00. The minimum absolute atomic E-state index is 0.234. The van der Waals surface area contributed by atoms with E-state index >= 15 is 0 Å². The number of rotatable bonds is 8. The van der Waals surface area contributed by atoms with E-state index in [1.807, 2.05) is 54.1 Å².